The third kappa shape index (κ3) is 3.34. The standard InChI is InChI=1S/C16H17N5OS/c1-11-4-5-14(8-12(11)2)21-16(17-18-19-21)23-10-15(22)13-6-7-20(3)9-13/h4-9H,10H2,1-3H3. The van der Waals surface area contributed by atoms with E-state index < -0.39 is 0 Å². The number of thioether (sulfide) groups is 1. The molecule has 2 aromatic heterocycles. The fourth-order valence-electron chi connectivity index (χ4n) is 2.17. The van der Waals surface area contributed by atoms with E-state index in [1.165, 1.54) is 22.9 Å². The molecule has 0 radical (unpaired) electrons. The molecular weight excluding hydrogens is 310 g/mol. The zero-order valence-electron chi connectivity index (χ0n) is 13.2. The molecule has 0 unspecified atom stereocenters. The van der Waals surface area contributed by atoms with Gasteiger partial charge >= 0.3 is 0 Å². The minimum atomic E-state index is 0.0604. The molecule has 0 amide bonds. The molecule has 0 saturated heterocycles. The van der Waals surface area contributed by atoms with Crippen LogP contribution in [0.3, 0.4) is 0 Å². The number of hydrogen-bond acceptors (Lipinski definition) is 5. The zero-order valence-corrected chi connectivity index (χ0v) is 14.0. The Balaban J connectivity index is 1.76. The molecule has 3 rings (SSSR count). The molecule has 0 spiro atoms. The number of tetrazole rings is 1. The second kappa shape index (κ2) is 6.37. The van der Waals surface area contributed by atoms with Crippen molar-refractivity contribution >= 4 is 17.5 Å². The Bertz CT molecular complexity index is 852. The highest BCUT2D eigenvalue weighted by molar-refractivity contribution is 7.99. The van der Waals surface area contributed by atoms with Crippen LogP contribution < -0.4 is 0 Å². The Hall–Kier alpha value is -2.41. The summed E-state index contributed by atoms with van der Waals surface area (Å²) in [4.78, 5) is 12.2. The van der Waals surface area contributed by atoms with Crippen molar-refractivity contribution in [3.63, 3.8) is 0 Å². The lowest BCUT2D eigenvalue weighted by Gasteiger charge is -2.06. The van der Waals surface area contributed by atoms with Crippen LogP contribution in [0, 0.1) is 13.8 Å². The van der Waals surface area contributed by atoms with Crippen molar-refractivity contribution in [1.29, 1.82) is 0 Å². The fourth-order valence-corrected chi connectivity index (χ4v) is 2.96. The highest BCUT2D eigenvalue weighted by atomic mass is 32.2. The van der Waals surface area contributed by atoms with Crippen molar-refractivity contribution in [3.8, 4) is 5.69 Å². The third-order valence-electron chi connectivity index (χ3n) is 3.66. The van der Waals surface area contributed by atoms with Crippen molar-refractivity contribution < 1.29 is 4.79 Å². The number of carbonyl (C=O) groups excluding carboxylic acids is 1. The van der Waals surface area contributed by atoms with Crippen LogP contribution in [-0.4, -0.2) is 36.3 Å². The lowest BCUT2D eigenvalue weighted by Crippen LogP contribution is -2.04. The maximum absolute atomic E-state index is 12.2. The lowest BCUT2D eigenvalue weighted by atomic mass is 10.1. The highest BCUT2D eigenvalue weighted by Gasteiger charge is 2.13. The maximum atomic E-state index is 12.2. The van der Waals surface area contributed by atoms with Crippen LogP contribution in [0.5, 0.6) is 0 Å². The minimum Gasteiger partial charge on any atom is -0.357 e. The van der Waals surface area contributed by atoms with E-state index in [1.54, 1.807) is 4.68 Å². The Morgan fingerprint density at radius 2 is 2.04 bits per heavy atom. The van der Waals surface area contributed by atoms with Crippen molar-refractivity contribution in [2.24, 2.45) is 7.05 Å². The summed E-state index contributed by atoms with van der Waals surface area (Å²) in [5.41, 5.74) is 3.99. The van der Waals surface area contributed by atoms with Crippen molar-refractivity contribution in [2.75, 3.05) is 5.75 Å². The van der Waals surface area contributed by atoms with E-state index in [-0.39, 0.29) is 5.78 Å². The SMILES string of the molecule is Cc1ccc(-n2nnnc2SCC(=O)c2ccn(C)c2)cc1C. The summed E-state index contributed by atoms with van der Waals surface area (Å²) in [5, 5.41) is 12.4. The van der Waals surface area contributed by atoms with E-state index in [9.17, 15) is 4.79 Å². The second-order valence-electron chi connectivity index (χ2n) is 5.42. The van der Waals surface area contributed by atoms with E-state index in [0.29, 0.717) is 16.5 Å². The largest absolute Gasteiger partial charge is 0.357 e. The number of aromatic nitrogens is 5. The number of carbonyl (C=O) groups is 1. The Kier molecular flexibility index (Phi) is 4.29. The van der Waals surface area contributed by atoms with Crippen LogP contribution in [-0.2, 0) is 7.05 Å². The van der Waals surface area contributed by atoms with Crippen LogP contribution in [0.1, 0.15) is 21.5 Å². The number of ketones is 1. The third-order valence-corrected chi connectivity index (χ3v) is 4.58. The van der Waals surface area contributed by atoms with E-state index in [2.05, 4.69) is 29.4 Å². The van der Waals surface area contributed by atoms with Gasteiger partial charge in [0.05, 0.1) is 11.4 Å². The average molecular weight is 327 g/mol. The second-order valence-corrected chi connectivity index (χ2v) is 6.36. The maximum Gasteiger partial charge on any atom is 0.214 e. The van der Waals surface area contributed by atoms with Crippen molar-refractivity contribution in [3.05, 3.63) is 53.3 Å². The molecule has 0 aliphatic heterocycles. The summed E-state index contributed by atoms with van der Waals surface area (Å²) in [6, 6.07) is 7.86. The Labute approximate surface area is 138 Å². The van der Waals surface area contributed by atoms with Crippen molar-refractivity contribution in [2.45, 2.75) is 19.0 Å². The number of aryl methyl sites for hydroxylation is 3. The summed E-state index contributed by atoms with van der Waals surface area (Å²) >= 11 is 1.34. The molecule has 6 nitrogen and oxygen atoms in total. The molecule has 1 aromatic carbocycles. The average Bonchev–Trinajstić information content (AvgIpc) is 3.16. The van der Waals surface area contributed by atoms with Crippen LogP contribution in [0.2, 0.25) is 0 Å². The highest BCUT2D eigenvalue weighted by Crippen LogP contribution is 2.21. The first-order valence-corrected chi connectivity index (χ1v) is 8.17. The first kappa shape index (κ1) is 15.5. The van der Waals surface area contributed by atoms with E-state index in [4.69, 9.17) is 0 Å². The van der Waals surface area contributed by atoms with Crippen LogP contribution >= 0.6 is 11.8 Å². The first-order chi connectivity index (χ1) is 11.0. The smallest absolute Gasteiger partial charge is 0.214 e. The molecule has 3 aromatic rings. The molecule has 0 N–H and O–H groups in total. The van der Waals surface area contributed by atoms with Gasteiger partial charge < -0.3 is 4.57 Å². The summed E-state index contributed by atoms with van der Waals surface area (Å²) < 4.78 is 3.52. The van der Waals surface area contributed by atoms with Gasteiger partial charge in [-0.1, -0.05) is 17.8 Å². The van der Waals surface area contributed by atoms with Crippen LogP contribution in [0.15, 0.2) is 41.8 Å². The van der Waals surface area contributed by atoms with Gasteiger partial charge in [0.15, 0.2) is 5.78 Å². The van der Waals surface area contributed by atoms with E-state index in [0.717, 1.165) is 5.69 Å². The number of hydrogen-bond donors (Lipinski definition) is 0. The van der Waals surface area contributed by atoms with Gasteiger partial charge in [0.2, 0.25) is 5.16 Å². The summed E-state index contributed by atoms with van der Waals surface area (Å²) in [6.45, 7) is 4.11. The van der Waals surface area contributed by atoms with Gasteiger partial charge in [-0.05, 0) is 53.6 Å². The van der Waals surface area contributed by atoms with Gasteiger partial charge in [-0.2, -0.15) is 4.68 Å². The van der Waals surface area contributed by atoms with Gasteiger partial charge in [-0.15, -0.1) is 5.10 Å². The number of nitrogens with zero attached hydrogens (tertiary/aromatic N) is 5. The zero-order chi connectivity index (χ0) is 16.4. The lowest BCUT2D eigenvalue weighted by molar-refractivity contribution is 0.102. The Morgan fingerprint density at radius 1 is 1.22 bits per heavy atom. The summed E-state index contributed by atoms with van der Waals surface area (Å²) in [5.74, 6) is 0.361. The molecule has 118 valence electrons. The monoisotopic (exact) mass is 327 g/mol. The Morgan fingerprint density at radius 3 is 2.74 bits per heavy atom. The van der Waals surface area contributed by atoms with Crippen LogP contribution in [0.4, 0.5) is 0 Å². The molecule has 0 aliphatic rings. The summed E-state index contributed by atoms with van der Waals surface area (Å²) in [6.07, 6.45) is 3.67. The topological polar surface area (TPSA) is 65.6 Å². The molecule has 0 atom stereocenters. The van der Waals surface area contributed by atoms with Gasteiger partial charge in [0.25, 0.3) is 0 Å². The van der Waals surface area contributed by atoms with E-state index >= 15 is 0 Å². The first-order valence-electron chi connectivity index (χ1n) is 7.18. The molecule has 7 heteroatoms. The van der Waals surface area contributed by atoms with Gasteiger partial charge in [0, 0.05) is 25.0 Å². The molecule has 23 heavy (non-hydrogen) atoms. The molecule has 0 bridgehead atoms. The van der Waals surface area contributed by atoms with Gasteiger partial charge in [0.1, 0.15) is 0 Å². The molecule has 2 heterocycles. The normalized spacial score (nSPS) is 10.9. The van der Waals surface area contributed by atoms with Gasteiger partial charge in [-0.3, -0.25) is 4.79 Å². The van der Waals surface area contributed by atoms with Crippen molar-refractivity contribution in [1.82, 2.24) is 24.8 Å². The predicted molar refractivity (Wildman–Crippen MR) is 89.1 cm³/mol. The molecule has 0 aliphatic carbocycles. The number of rotatable bonds is 5. The van der Waals surface area contributed by atoms with E-state index in [1.807, 2.05) is 48.3 Å². The number of Topliss-reactive ketones (excluding diaryl/α,β-unsaturated/α-hetero) is 1. The predicted octanol–water partition coefficient (Wildman–Crippen LogP) is 2.59. The van der Waals surface area contributed by atoms with Crippen LogP contribution in [0.25, 0.3) is 5.69 Å². The number of benzene rings is 1. The minimum absolute atomic E-state index is 0.0604. The molecule has 0 saturated carbocycles. The fraction of sp³-hybridized carbons (Fsp3) is 0.250. The molecule has 0 fully saturated rings. The quantitative estimate of drug-likeness (QED) is 0.532. The molecular formula is C16H17N5OS. The summed E-state index contributed by atoms with van der Waals surface area (Å²) in [7, 11) is 1.89. The van der Waals surface area contributed by atoms with Gasteiger partial charge in [-0.25, -0.2) is 0 Å².